The Morgan fingerprint density at radius 3 is 3.00 bits per heavy atom. The van der Waals surface area contributed by atoms with Gasteiger partial charge in [-0.05, 0) is 24.3 Å². The number of nitrogens with zero attached hydrogens (tertiary/aromatic N) is 1. The molecule has 0 N–H and O–H groups in total. The zero-order valence-electron chi connectivity index (χ0n) is 8.65. The van der Waals surface area contributed by atoms with E-state index in [0.717, 1.165) is 19.4 Å². The van der Waals surface area contributed by atoms with Crippen LogP contribution in [-0.2, 0) is 4.79 Å². The number of thiophene rings is 1. The second kappa shape index (κ2) is 4.66. The lowest BCUT2D eigenvalue weighted by Gasteiger charge is -2.26. The summed E-state index contributed by atoms with van der Waals surface area (Å²) >= 11 is 5.15. The third-order valence-corrected chi connectivity index (χ3v) is 4.63. The highest BCUT2D eigenvalue weighted by atomic mass is 79.9. The van der Waals surface area contributed by atoms with Crippen LogP contribution in [0.4, 0.5) is 0 Å². The number of halogens is 1. The number of alkyl halides is 1. The molecule has 2 nitrogen and oxygen atoms in total. The van der Waals surface area contributed by atoms with E-state index in [4.69, 9.17) is 0 Å². The maximum Gasteiger partial charge on any atom is 0.236 e. The number of likely N-dealkylation sites (tertiary alicyclic amines) is 1. The molecule has 2 unspecified atom stereocenters. The summed E-state index contributed by atoms with van der Waals surface area (Å²) in [5.74, 6) is 0.246. The van der Waals surface area contributed by atoms with Gasteiger partial charge in [-0.25, -0.2) is 0 Å². The topological polar surface area (TPSA) is 20.3 Å². The zero-order valence-corrected chi connectivity index (χ0v) is 11.1. The molecule has 0 spiro atoms. The lowest BCUT2D eigenvalue weighted by molar-refractivity contribution is -0.129. The molecule has 2 atom stereocenters. The summed E-state index contributed by atoms with van der Waals surface area (Å²) in [7, 11) is 0. The van der Waals surface area contributed by atoms with E-state index >= 15 is 0 Å². The van der Waals surface area contributed by atoms with E-state index in [2.05, 4.69) is 40.4 Å². The first-order valence-electron chi connectivity index (χ1n) is 5.22. The second-order valence-electron chi connectivity index (χ2n) is 3.73. The van der Waals surface area contributed by atoms with Crippen molar-refractivity contribution in [3.63, 3.8) is 0 Å². The summed E-state index contributed by atoms with van der Waals surface area (Å²) in [6, 6.07) is 4.45. The molecule has 1 aliphatic heterocycles. The fourth-order valence-electron chi connectivity index (χ4n) is 2.03. The molecule has 1 aliphatic rings. The first kappa shape index (κ1) is 11.1. The first-order valence-corrected chi connectivity index (χ1v) is 7.01. The van der Waals surface area contributed by atoms with Crippen molar-refractivity contribution in [1.82, 2.24) is 4.90 Å². The van der Waals surface area contributed by atoms with E-state index in [1.165, 1.54) is 4.88 Å². The molecule has 0 aromatic carbocycles. The summed E-state index contributed by atoms with van der Waals surface area (Å²) < 4.78 is 0. The van der Waals surface area contributed by atoms with Gasteiger partial charge in [0.2, 0.25) is 5.91 Å². The molecule has 1 saturated heterocycles. The summed E-state index contributed by atoms with van der Waals surface area (Å²) in [6.45, 7) is 3.02. The van der Waals surface area contributed by atoms with Crippen molar-refractivity contribution in [2.75, 3.05) is 6.54 Å². The summed E-state index contributed by atoms with van der Waals surface area (Å²) in [5.41, 5.74) is 0. The van der Waals surface area contributed by atoms with Crippen molar-refractivity contribution in [2.45, 2.75) is 30.6 Å². The van der Waals surface area contributed by atoms with Gasteiger partial charge in [-0.15, -0.1) is 11.3 Å². The van der Waals surface area contributed by atoms with Crippen LogP contribution in [-0.4, -0.2) is 22.2 Å². The van der Waals surface area contributed by atoms with Gasteiger partial charge >= 0.3 is 0 Å². The normalized spacial score (nSPS) is 23.5. The molecule has 0 saturated carbocycles. The molecular formula is C11H14BrNOS. The molecule has 1 fully saturated rings. The summed E-state index contributed by atoms with van der Waals surface area (Å²) in [4.78, 5) is 15.2. The first-order chi connectivity index (χ1) is 7.24. The Bertz CT molecular complexity index is 338. The molecule has 4 heteroatoms. The highest BCUT2D eigenvalue weighted by Gasteiger charge is 2.34. The van der Waals surface area contributed by atoms with Crippen LogP contribution in [0.1, 0.15) is 30.7 Å². The Labute approximate surface area is 102 Å². The van der Waals surface area contributed by atoms with Gasteiger partial charge in [-0.2, -0.15) is 0 Å². The van der Waals surface area contributed by atoms with Crippen molar-refractivity contribution in [1.29, 1.82) is 0 Å². The number of amides is 1. The predicted molar refractivity (Wildman–Crippen MR) is 66.4 cm³/mol. The SMILES string of the molecule is CCC(c1cccs1)N1CCC(Br)C1=O. The highest BCUT2D eigenvalue weighted by molar-refractivity contribution is 9.10. The van der Waals surface area contributed by atoms with Crippen LogP contribution in [0.5, 0.6) is 0 Å². The molecule has 1 aromatic heterocycles. The van der Waals surface area contributed by atoms with Crippen LogP contribution in [0, 0.1) is 0 Å². The Morgan fingerprint density at radius 2 is 2.53 bits per heavy atom. The van der Waals surface area contributed by atoms with E-state index in [9.17, 15) is 4.79 Å². The fourth-order valence-corrected chi connectivity index (χ4v) is 3.42. The van der Waals surface area contributed by atoms with Gasteiger partial charge in [0.05, 0.1) is 10.9 Å². The summed E-state index contributed by atoms with van der Waals surface area (Å²) in [5, 5.41) is 2.07. The maximum absolute atomic E-state index is 11.9. The van der Waals surface area contributed by atoms with Crippen LogP contribution >= 0.6 is 27.3 Å². The Balaban J connectivity index is 2.18. The maximum atomic E-state index is 11.9. The van der Waals surface area contributed by atoms with Crippen LogP contribution in [0.2, 0.25) is 0 Å². The smallest absolute Gasteiger partial charge is 0.236 e. The van der Waals surface area contributed by atoms with Gasteiger partial charge in [-0.1, -0.05) is 28.9 Å². The van der Waals surface area contributed by atoms with Gasteiger partial charge in [0.15, 0.2) is 0 Å². The van der Waals surface area contributed by atoms with Gasteiger partial charge in [-0.3, -0.25) is 4.79 Å². The lowest BCUT2D eigenvalue weighted by atomic mass is 10.1. The molecule has 0 bridgehead atoms. The quantitative estimate of drug-likeness (QED) is 0.782. The minimum Gasteiger partial charge on any atom is -0.334 e. The molecule has 82 valence electrons. The van der Waals surface area contributed by atoms with Crippen molar-refractivity contribution in [3.05, 3.63) is 22.4 Å². The van der Waals surface area contributed by atoms with Gasteiger partial charge in [0, 0.05) is 11.4 Å². The Hall–Kier alpha value is -0.350. The van der Waals surface area contributed by atoms with E-state index in [-0.39, 0.29) is 16.8 Å². The molecule has 2 rings (SSSR count). The number of hydrogen-bond donors (Lipinski definition) is 0. The highest BCUT2D eigenvalue weighted by Crippen LogP contribution is 2.33. The van der Waals surface area contributed by atoms with Crippen LogP contribution < -0.4 is 0 Å². The van der Waals surface area contributed by atoms with Crippen molar-refractivity contribution >= 4 is 33.2 Å². The van der Waals surface area contributed by atoms with Gasteiger partial charge in [0.1, 0.15) is 0 Å². The van der Waals surface area contributed by atoms with Gasteiger partial charge < -0.3 is 4.90 Å². The van der Waals surface area contributed by atoms with E-state index in [1.54, 1.807) is 11.3 Å². The molecular weight excluding hydrogens is 274 g/mol. The lowest BCUT2D eigenvalue weighted by Crippen LogP contribution is -2.31. The molecule has 1 amide bonds. The second-order valence-corrected chi connectivity index (χ2v) is 5.81. The minimum atomic E-state index is 0.0338. The van der Waals surface area contributed by atoms with Crippen LogP contribution in [0.3, 0.4) is 0 Å². The number of carbonyl (C=O) groups excluding carboxylic acids is 1. The third kappa shape index (κ3) is 2.11. The molecule has 15 heavy (non-hydrogen) atoms. The summed E-state index contributed by atoms with van der Waals surface area (Å²) in [6.07, 6.45) is 1.92. The van der Waals surface area contributed by atoms with E-state index in [1.807, 2.05) is 4.90 Å². The average molecular weight is 288 g/mol. The van der Waals surface area contributed by atoms with Crippen LogP contribution in [0.25, 0.3) is 0 Å². The standard InChI is InChI=1S/C11H14BrNOS/c1-2-9(10-4-3-7-15-10)13-6-5-8(12)11(13)14/h3-4,7-9H,2,5-6H2,1H3. The monoisotopic (exact) mass is 287 g/mol. The fraction of sp³-hybridized carbons (Fsp3) is 0.545. The third-order valence-electron chi connectivity index (χ3n) is 2.81. The predicted octanol–water partition coefficient (Wildman–Crippen LogP) is 3.20. The molecule has 2 heterocycles. The van der Waals surface area contributed by atoms with E-state index in [0.29, 0.717) is 0 Å². The molecule has 0 radical (unpaired) electrons. The number of hydrogen-bond acceptors (Lipinski definition) is 2. The minimum absolute atomic E-state index is 0.0338. The van der Waals surface area contributed by atoms with Gasteiger partial charge in [0.25, 0.3) is 0 Å². The zero-order chi connectivity index (χ0) is 10.8. The number of rotatable bonds is 3. The Morgan fingerprint density at radius 1 is 1.73 bits per heavy atom. The Kier molecular flexibility index (Phi) is 3.46. The van der Waals surface area contributed by atoms with Crippen molar-refractivity contribution in [2.24, 2.45) is 0 Å². The largest absolute Gasteiger partial charge is 0.334 e. The van der Waals surface area contributed by atoms with E-state index < -0.39 is 0 Å². The van der Waals surface area contributed by atoms with Crippen molar-refractivity contribution in [3.8, 4) is 0 Å². The average Bonchev–Trinajstić information content (AvgIpc) is 2.84. The number of carbonyl (C=O) groups is 1. The molecule has 0 aliphatic carbocycles. The van der Waals surface area contributed by atoms with Crippen molar-refractivity contribution < 1.29 is 4.79 Å². The molecule has 1 aromatic rings. The van der Waals surface area contributed by atoms with Crippen LogP contribution in [0.15, 0.2) is 17.5 Å².